The lowest BCUT2D eigenvalue weighted by Crippen LogP contribution is -2.47. The minimum absolute atomic E-state index is 0.0903. The molecule has 1 amide bonds. The number of carboxylic acid groups (broad SMARTS) is 1. The van der Waals surface area contributed by atoms with Crippen molar-refractivity contribution in [3.05, 3.63) is 0 Å². The molecule has 0 aromatic heterocycles. The first-order chi connectivity index (χ1) is 7.74. The van der Waals surface area contributed by atoms with E-state index in [1.54, 1.807) is 20.8 Å². The van der Waals surface area contributed by atoms with E-state index < -0.39 is 23.2 Å². The van der Waals surface area contributed by atoms with Gasteiger partial charge in [0.1, 0.15) is 11.1 Å². The largest absolute Gasteiger partial charge is 0.479 e. The highest BCUT2D eigenvalue weighted by molar-refractivity contribution is 5.88. The van der Waals surface area contributed by atoms with Crippen LogP contribution in [0.4, 0.5) is 4.79 Å². The standard InChI is InChI=1S/C12H19NO4/c1-11(2,3)17-10(16)13-12(9(14)15)6-8(12)7-4-5-7/h7-8H,4-6H2,1-3H3,(H,13,16)(H,14,15)/t8-,12?/m0/s1. The summed E-state index contributed by atoms with van der Waals surface area (Å²) in [6.45, 7) is 5.27. The van der Waals surface area contributed by atoms with Gasteiger partial charge in [0.25, 0.3) is 0 Å². The van der Waals surface area contributed by atoms with Crippen molar-refractivity contribution >= 4 is 12.1 Å². The third kappa shape index (κ3) is 2.53. The second-order valence-corrected chi connectivity index (χ2v) is 6.05. The van der Waals surface area contributed by atoms with Crippen LogP contribution in [0.3, 0.4) is 0 Å². The molecule has 2 aliphatic carbocycles. The summed E-state index contributed by atoms with van der Waals surface area (Å²) in [6.07, 6.45) is 2.06. The summed E-state index contributed by atoms with van der Waals surface area (Å²) < 4.78 is 5.10. The maximum atomic E-state index is 11.6. The highest BCUT2D eigenvalue weighted by atomic mass is 16.6. The Labute approximate surface area is 101 Å². The van der Waals surface area contributed by atoms with Crippen LogP contribution in [0.25, 0.3) is 0 Å². The number of carbonyl (C=O) groups excluding carboxylic acids is 1. The van der Waals surface area contributed by atoms with Crippen molar-refractivity contribution in [3.63, 3.8) is 0 Å². The van der Waals surface area contributed by atoms with E-state index in [0.29, 0.717) is 12.3 Å². The average Bonchev–Trinajstić information content (AvgIpc) is 2.90. The summed E-state index contributed by atoms with van der Waals surface area (Å²) >= 11 is 0. The Bertz CT molecular complexity index is 356. The monoisotopic (exact) mass is 241 g/mol. The van der Waals surface area contributed by atoms with Gasteiger partial charge in [-0.25, -0.2) is 9.59 Å². The molecule has 2 fully saturated rings. The molecule has 1 unspecified atom stereocenters. The van der Waals surface area contributed by atoms with Gasteiger partial charge in [-0.1, -0.05) is 0 Å². The predicted molar refractivity (Wildman–Crippen MR) is 60.6 cm³/mol. The van der Waals surface area contributed by atoms with E-state index in [1.807, 2.05) is 0 Å². The summed E-state index contributed by atoms with van der Waals surface area (Å²) in [4.78, 5) is 22.9. The fraction of sp³-hybridized carbons (Fsp3) is 0.833. The lowest BCUT2D eigenvalue weighted by atomic mass is 10.1. The van der Waals surface area contributed by atoms with Crippen LogP contribution in [-0.2, 0) is 9.53 Å². The van der Waals surface area contributed by atoms with Crippen LogP contribution in [0, 0.1) is 11.8 Å². The third-order valence-electron chi connectivity index (χ3n) is 3.31. The van der Waals surface area contributed by atoms with E-state index in [1.165, 1.54) is 0 Å². The van der Waals surface area contributed by atoms with Gasteiger partial charge < -0.3 is 15.2 Å². The van der Waals surface area contributed by atoms with Gasteiger partial charge in [-0.05, 0) is 51.9 Å². The van der Waals surface area contributed by atoms with E-state index >= 15 is 0 Å². The van der Waals surface area contributed by atoms with Crippen molar-refractivity contribution in [3.8, 4) is 0 Å². The van der Waals surface area contributed by atoms with Gasteiger partial charge in [-0.15, -0.1) is 0 Å². The van der Waals surface area contributed by atoms with Crippen molar-refractivity contribution < 1.29 is 19.4 Å². The average molecular weight is 241 g/mol. The number of hydrogen-bond acceptors (Lipinski definition) is 3. The van der Waals surface area contributed by atoms with Crippen molar-refractivity contribution in [2.45, 2.75) is 51.2 Å². The molecule has 0 aliphatic heterocycles. The number of amides is 1. The van der Waals surface area contributed by atoms with Crippen molar-refractivity contribution in [1.82, 2.24) is 5.32 Å². The molecule has 0 aromatic rings. The molecule has 0 aromatic carbocycles. The Kier molecular flexibility index (Phi) is 2.60. The van der Waals surface area contributed by atoms with E-state index in [0.717, 1.165) is 12.8 Å². The third-order valence-corrected chi connectivity index (χ3v) is 3.31. The number of aliphatic carboxylic acids is 1. The van der Waals surface area contributed by atoms with Gasteiger partial charge in [0.05, 0.1) is 0 Å². The lowest BCUT2D eigenvalue weighted by molar-refractivity contribution is -0.141. The minimum atomic E-state index is -1.07. The second-order valence-electron chi connectivity index (χ2n) is 6.05. The van der Waals surface area contributed by atoms with Crippen LogP contribution in [0.1, 0.15) is 40.0 Å². The van der Waals surface area contributed by atoms with Crippen molar-refractivity contribution in [2.75, 3.05) is 0 Å². The predicted octanol–water partition coefficient (Wildman–Crippen LogP) is 1.76. The number of ether oxygens (including phenoxy) is 1. The van der Waals surface area contributed by atoms with Crippen LogP contribution >= 0.6 is 0 Å². The molecule has 2 N–H and O–H groups in total. The zero-order chi connectivity index (χ0) is 12.8. The maximum Gasteiger partial charge on any atom is 0.408 e. The SMILES string of the molecule is CC(C)(C)OC(=O)NC1(C(=O)O)C[C@H]1C1CC1. The van der Waals surface area contributed by atoms with Gasteiger partial charge in [-0.2, -0.15) is 0 Å². The quantitative estimate of drug-likeness (QED) is 0.789. The fourth-order valence-corrected chi connectivity index (χ4v) is 2.28. The van der Waals surface area contributed by atoms with Crippen LogP contribution in [0.2, 0.25) is 0 Å². The van der Waals surface area contributed by atoms with E-state index in [9.17, 15) is 14.7 Å². The van der Waals surface area contributed by atoms with Crippen molar-refractivity contribution in [2.24, 2.45) is 11.8 Å². The molecular formula is C12H19NO4. The second kappa shape index (κ2) is 3.62. The molecule has 17 heavy (non-hydrogen) atoms. The van der Waals surface area contributed by atoms with Gasteiger partial charge in [0.2, 0.25) is 0 Å². The van der Waals surface area contributed by atoms with Crippen LogP contribution < -0.4 is 5.32 Å². The molecular weight excluding hydrogens is 222 g/mol. The molecule has 2 atom stereocenters. The molecule has 2 saturated carbocycles. The number of nitrogens with one attached hydrogen (secondary N) is 1. The summed E-state index contributed by atoms with van der Waals surface area (Å²) in [6, 6.07) is 0. The summed E-state index contributed by atoms with van der Waals surface area (Å²) in [5.41, 5.74) is -1.67. The number of hydrogen-bond donors (Lipinski definition) is 2. The Morgan fingerprint density at radius 3 is 2.35 bits per heavy atom. The number of alkyl carbamates (subject to hydrolysis) is 1. The van der Waals surface area contributed by atoms with Gasteiger partial charge in [-0.3, -0.25) is 0 Å². The molecule has 0 bridgehead atoms. The molecule has 0 saturated heterocycles. The van der Waals surface area contributed by atoms with Crippen molar-refractivity contribution in [1.29, 1.82) is 0 Å². The Hall–Kier alpha value is -1.26. The number of carbonyl (C=O) groups is 2. The van der Waals surface area contributed by atoms with Gasteiger partial charge >= 0.3 is 12.1 Å². The van der Waals surface area contributed by atoms with Gasteiger partial charge in [0, 0.05) is 0 Å². The molecule has 5 nitrogen and oxygen atoms in total. The van der Waals surface area contributed by atoms with Gasteiger partial charge in [0.15, 0.2) is 0 Å². The summed E-state index contributed by atoms with van der Waals surface area (Å²) in [5, 5.41) is 11.8. The number of carboxylic acids is 1. The lowest BCUT2D eigenvalue weighted by Gasteiger charge is -2.22. The number of rotatable bonds is 3. The normalized spacial score (nSPS) is 31.8. The topological polar surface area (TPSA) is 75.6 Å². The molecule has 0 spiro atoms. The van der Waals surface area contributed by atoms with E-state index in [2.05, 4.69) is 5.32 Å². The van der Waals surface area contributed by atoms with E-state index in [4.69, 9.17) is 4.74 Å². The smallest absolute Gasteiger partial charge is 0.408 e. The summed E-state index contributed by atoms with van der Waals surface area (Å²) in [5.74, 6) is -0.381. The first-order valence-electron chi connectivity index (χ1n) is 5.99. The highest BCUT2D eigenvalue weighted by Gasteiger charge is 2.66. The Morgan fingerprint density at radius 2 is 1.94 bits per heavy atom. The van der Waals surface area contributed by atoms with Crippen LogP contribution in [-0.4, -0.2) is 28.3 Å². The highest BCUT2D eigenvalue weighted by Crippen LogP contribution is 2.57. The van der Waals surface area contributed by atoms with Crippen LogP contribution in [0.5, 0.6) is 0 Å². The molecule has 0 heterocycles. The first-order valence-corrected chi connectivity index (χ1v) is 5.99. The Morgan fingerprint density at radius 1 is 1.35 bits per heavy atom. The van der Waals surface area contributed by atoms with E-state index in [-0.39, 0.29) is 5.92 Å². The zero-order valence-corrected chi connectivity index (χ0v) is 10.4. The minimum Gasteiger partial charge on any atom is -0.479 e. The molecule has 5 heteroatoms. The summed E-state index contributed by atoms with van der Waals surface area (Å²) in [7, 11) is 0. The van der Waals surface area contributed by atoms with Crippen LogP contribution in [0.15, 0.2) is 0 Å². The zero-order valence-electron chi connectivity index (χ0n) is 10.4. The first kappa shape index (κ1) is 12.2. The Balaban J connectivity index is 1.96. The molecule has 0 radical (unpaired) electrons. The maximum absolute atomic E-state index is 11.6. The fourth-order valence-electron chi connectivity index (χ4n) is 2.28. The molecule has 96 valence electrons. The molecule has 2 rings (SSSR count). The molecule has 2 aliphatic rings.